The van der Waals surface area contributed by atoms with Gasteiger partial charge >= 0.3 is 0 Å². The lowest BCUT2D eigenvalue weighted by atomic mass is 9.73. The summed E-state index contributed by atoms with van der Waals surface area (Å²) in [6.45, 7) is 6.90. The van der Waals surface area contributed by atoms with Crippen LogP contribution in [-0.4, -0.2) is 31.6 Å². The van der Waals surface area contributed by atoms with Gasteiger partial charge < -0.3 is 10.2 Å². The summed E-state index contributed by atoms with van der Waals surface area (Å²) in [4.78, 5) is 3.98. The highest BCUT2D eigenvalue weighted by atomic mass is 79.9. The lowest BCUT2D eigenvalue weighted by Gasteiger charge is -2.40. The molecule has 1 aromatic rings. The average Bonchev–Trinajstić information content (AvgIpc) is 2.85. The summed E-state index contributed by atoms with van der Waals surface area (Å²) in [7, 11) is 2.28. The van der Waals surface area contributed by atoms with Crippen molar-refractivity contribution in [1.29, 1.82) is 0 Å². The minimum Gasteiger partial charge on any atom is -0.316 e. The third-order valence-electron chi connectivity index (χ3n) is 4.49. The molecule has 2 rings (SSSR count). The zero-order valence-electron chi connectivity index (χ0n) is 13.5. The summed E-state index contributed by atoms with van der Waals surface area (Å²) in [5.41, 5.74) is 0.497. The van der Waals surface area contributed by atoms with Gasteiger partial charge in [-0.3, -0.25) is 0 Å². The standard InChI is InChI=1S/C17H29BrN2S/c1-3-9-19-13-17(7-5-4-6-8-17)14-20(2)11-16-10-15(18)12-21-16/h10,12,19H,3-9,11,13-14H2,1-2H3. The minimum atomic E-state index is 0.497. The molecule has 1 aromatic heterocycles. The normalized spacial score (nSPS) is 18.3. The van der Waals surface area contributed by atoms with E-state index in [1.165, 1.54) is 61.0 Å². The predicted molar refractivity (Wildman–Crippen MR) is 97.0 cm³/mol. The van der Waals surface area contributed by atoms with Gasteiger partial charge in [-0.05, 0) is 60.3 Å². The van der Waals surface area contributed by atoms with Gasteiger partial charge in [-0.15, -0.1) is 11.3 Å². The first-order valence-electron chi connectivity index (χ1n) is 8.26. The molecule has 0 atom stereocenters. The van der Waals surface area contributed by atoms with Crippen molar-refractivity contribution in [2.45, 2.75) is 52.0 Å². The summed E-state index contributed by atoms with van der Waals surface area (Å²) in [5, 5.41) is 5.87. The number of nitrogens with zero attached hydrogens (tertiary/aromatic N) is 1. The quantitative estimate of drug-likeness (QED) is 0.653. The van der Waals surface area contributed by atoms with Gasteiger partial charge in [-0.1, -0.05) is 26.2 Å². The number of hydrogen-bond acceptors (Lipinski definition) is 3. The van der Waals surface area contributed by atoms with Crippen LogP contribution < -0.4 is 5.32 Å². The van der Waals surface area contributed by atoms with E-state index in [0.29, 0.717) is 5.41 Å². The topological polar surface area (TPSA) is 15.3 Å². The van der Waals surface area contributed by atoms with E-state index in [1.54, 1.807) is 0 Å². The van der Waals surface area contributed by atoms with Crippen molar-refractivity contribution in [1.82, 2.24) is 10.2 Å². The molecule has 0 saturated heterocycles. The molecule has 0 bridgehead atoms. The Morgan fingerprint density at radius 2 is 2.10 bits per heavy atom. The van der Waals surface area contributed by atoms with Crippen LogP contribution in [0.2, 0.25) is 0 Å². The Labute approximate surface area is 142 Å². The van der Waals surface area contributed by atoms with Gasteiger partial charge in [0.25, 0.3) is 0 Å². The van der Waals surface area contributed by atoms with Crippen LogP contribution >= 0.6 is 27.3 Å². The maximum atomic E-state index is 3.69. The number of halogens is 1. The third kappa shape index (κ3) is 5.66. The number of hydrogen-bond donors (Lipinski definition) is 1. The second kappa shape index (κ2) is 8.66. The lowest BCUT2D eigenvalue weighted by Crippen LogP contribution is -2.44. The largest absolute Gasteiger partial charge is 0.316 e. The molecule has 4 heteroatoms. The number of rotatable bonds is 8. The molecule has 0 radical (unpaired) electrons. The zero-order valence-corrected chi connectivity index (χ0v) is 15.9. The fraction of sp³-hybridized carbons (Fsp3) is 0.765. The van der Waals surface area contributed by atoms with Crippen LogP contribution in [0.25, 0.3) is 0 Å². The summed E-state index contributed by atoms with van der Waals surface area (Å²) in [6.07, 6.45) is 8.26. The number of thiophene rings is 1. The Bertz CT molecular complexity index is 413. The fourth-order valence-corrected chi connectivity index (χ4v) is 5.08. The minimum absolute atomic E-state index is 0.497. The van der Waals surface area contributed by atoms with Crippen molar-refractivity contribution >= 4 is 27.3 Å². The van der Waals surface area contributed by atoms with Gasteiger partial charge in [-0.2, -0.15) is 0 Å². The first kappa shape index (κ1) is 17.5. The van der Waals surface area contributed by atoms with Crippen LogP contribution in [-0.2, 0) is 6.54 Å². The monoisotopic (exact) mass is 372 g/mol. The first-order valence-corrected chi connectivity index (χ1v) is 9.93. The molecule has 1 N–H and O–H groups in total. The van der Waals surface area contributed by atoms with E-state index in [4.69, 9.17) is 0 Å². The molecule has 1 fully saturated rings. The van der Waals surface area contributed by atoms with Gasteiger partial charge in [0.05, 0.1) is 0 Å². The molecular formula is C17H29BrN2S. The lowest BCUT2D eigenvalue weighted by molar-refractivity contribution is 0.114. The summed E-state index contributed by atoms with van der Waals surface area (Å²) in [5.74, 6) is 0. The van der Waals surface area contributed by atoms with Crippen LogP contribution in [0.15, 0.2) is 15.9 Å². The summed E-state index contributed by atoms with van der Waals surface area (Å²) in [6, 6.07) is 2.25. The molecular weight excluding hydrogens is 344 g/mol. The van der Waals surface area contributed by atoms with E-state index in [-0.39, 0.29) is 0 Å². The fourth-order valence-electron chi connectivity index (χ4n) is 3.55. The first-order chi connectivity index (χ1) is 10.1. The zero-order chi connectivity index (χ0) is 15.1. The van der Waals surface area contributed by atoms with E-state index < -0.39 is 0 Å². The van der Waals surface area contributed by atoms with Crippen LogP contribution in [0.1, 0.15) is 50.3 Å². The maximum absolute atomic E-state index is 3.69. The van der Waals surface area contributed by atoms with Gasteiger partial charge in [0.1, 0.15) is 0 Å². The van der Waals surface area contributed by atoms with Crippen LogP contribution in [0.5, 0.6) is 0 Å². The SMILES string of the molecule is CCCNCC1(CN(C)Cc2cc(Br)cs2)CCCCC1. The highest BCUT2D eigenvalue weighted by molar-refractivity contribution is 9.10. The van der Waals surface area contributed by atoms with Gasteiger partial charge in [0.2, 0.25) is 0 Å². The van der Waals surface area contributed by atoms with E-state index in [0.717, 1.165) is 13.1 Å². The summed E-state index contributed by atoms with van der Waals surface area (Å²) < 4.78 is 1.22. The molecule has 2 nitrogen and oxygen atoms in total. The Balaban J connectivity index is 1.90. The molecule has 0 amide bonds. The Morgan fingerprint density at radius 3 is 2.71 bits per heavy atom. The maximum Gasteiger partial charge on any atom is 0.0325 e. The average molecular weight is 373 g/mol. The Kier molecular flexibility index (Phi) is 7.20. The third-order valence-corrected chi connectivity index (χ3v) is 6.18. The highest BCUT2D eigenvalue weighted by Crippen LogP contribution is 2.37. The molecule has 0 unspecified atom stereocenters. The number of nitrogens with one attached hydrogen (secondary N) is 1. The second-order valence-electron chi connectivity index (χ2n) is 6.64. The van der Waals surface area contributed by atoms with Gasteiger partial charge in [0.15, 0.2) is 0 Å². The van der Waals surface area contributed by atoms with Gasteiger partial charge in [0, 0.05) is 34.4 Å². The van der Waals surface area contributed by atoms with E-state index in [2.05, 4.69) is 51.6 Å². The van der Waals surface area contributed by atoms with Crippen molar-refractivity contribution in [2.24, 2.45) is 5.41 Å². The van der Waals surface area contributed by atoms with Crippen molar-refractivity contribution in [3.05, 3.63) is 20.8 Å². The second-order valence-corrected chi connectivity index (χ2v) is 8.55. The van der Waals surface area contributed by atoms with E-state index >= 15 is 0 Å². The molecule has 1 aliphatic carbocycles. The molecule has 1 aliphatic rings. The molecule has 0 aromatic carbocycles. The van der Waals surface area contributed by atoms with E-state index in [9.17, 15) is 0 Å². The van der Waals surface area contributed by atoms with Crippen LogP contribution in [0, 0.1) is 5.41 Å². The summed E-state index contributed by atoms with van der Waals surface area (Å²) >= 11 is 5.41. The predicted octanol–water partition coefficient (Wildman–Crippen LogP) is 4.89. The van der Waals surface area contributed by atoms with Crippen LogP contribution in [0.3, 0.4) is 0 Å². The molecule has 120 valence electrons. The molecule has 1 heterocycles. The molecule has 1 saturated carbocycles. The Morgan fingerprint density at radius 1 is 1.33 bits per heavy atom. The highest BCUT2D eigenvalue weighted by Gasteiger charge is 2.32. The van der Waals surface area contributed by atoms with Crippen molar-refractivity contribution in [2.75, 3.05) is 26.7 Å². The van der Waals surface area contributed by atoms with Crippen molar-refractivity contribution < 1.29 is 0 Å². The molecule has 0 spiro atoms. The smallest absolute Gasteiger partial charge is 0.0325 e. The van der Waals surface area contributed by atoms with E-state index in [1.807, 2.05) is 11.3 Å². The molecule has 21 heavy (non-hydrogen) atoms. The van der Waals surface area contributed by atoms with Crippen LogP contribution in [0.4, 0.5) is 0 Å². The van der Waals surface area contributed by atoms with Crippen molar-refractivity contribution in [3.8, 4) is 0 Å². The Hall–Kier alpha value is 0.1000. The van der Waals surface area contributed by atoms with Gasteiger partial charge in [-0.25, -0.2) is 0 Å². The van der Waals surface area contributed by atoms with Crippen molar-refractivity contribution in [3.63, 3.8) is 0 Å². The molecule has 0 aliphatic heterocycles.